The van der Waals surface area contributed by atoms with Crippen LogP contribution in [0.15, 0.2) is 34.3 Å². The zero-order valence-corrected chi connectivity index (χ0v) is 12.0. The first-order valence-electron chi connectivity index (χ1n) is 6.84. The molecule has 1 aromatic carbocycles. The highest BCUT2D eigenvalue weighted by Crippen LogP contribution is 2.27. The molecule has 0 aliphatic carbocycles. The van der Waals surface area contributed by atoms with Crippen molar-refractivity contribution in [3.05, 3.63) is 41.2 Å². The minimum atomic E-state index is 0.228. The fraction of sp³-hybridized carbons (Fsp3) is 0.267. The van der Waals surface area contributed by atoms with E-state index in [0.717, 1.165) is 34.9 Å². The fourth-order valence-corrected chi connectivity index (χ4v) is 2.40. The summed E-state index contributed by atoms with van der Waals surface area (Å²) in [5.74, 6) is 0.691. The number of hydrogen-bond donors (Lipinski definition) is 2. The van der Waals surface area contributed by atoms with Crippen molar-refractivity contribution in [1.82, 2.24) is 9.78 Å². The molecule has 0 spiro atoms. The van der Waals surface area contributed by atoms with Gasteiger partial charge in [-0.1, -0.05) is 0 Å². The van der Waals surface area contributed by atoms with Crippen LogP contribution in [0.3, 0.4) is 0 Å². The molecule has 6 nitrogen and oxygen atoms in total. The largest absolute Gasteiger partial charge is 0.508 e. The Bertz CT molecular complexity index is 740. The number of nitrogens with zero attached hydrogens (tertiary/aromatic N) is 4. The number of fused-ring (bicyclic) bond motifs is 1. The standard InChI is InChI=1S/C15H17N5O/c1-3-20-14-13(9(2)19-20)18-12(8-17-15(14)16)10-4-6-11(21)7-5-10/h4-7,21H,3,8H2,1-2H3,(H2,16,17). The first-order valence-corrected chi connectivity index (χ1v) is 6.84. The van der Waals surface area contributed by atoms with Gasteiger partial charge in [-0.3, -0.25) is 9.67 Å². The number of aromatic nitrogens is 2. The quantitative estimate of drug-likeness (QED) is 0.880. The van der Waals surface area contributed by atoms with Gasteiger partial charge in [-0.15, -0.1) is 0 Å². The Morgan fingerprint density at radius 3 is 2.67 bits per heavy atom. The Labute approximate surface area is 122 Å². The molecule has 0 fully saturated rings. The monoisotopic (exact) mass is 283 g/mol. The van der Waals surface area contributed by atoms with E-state index in [4.69, 9.17) is 10.7 Å². The SMILES string of the molecule is CCn1nc(C)c2c1C(N)=NCC(c1ccc(O)cc1)=N2. The molecule has 1 aliphatic rings. The van der Waals surface area contributed by atoms with Gasteiger partial charge in [-0.05, 0) is 43.7 Å². The molecule has 0 atom stereocenters. The number of phenols is 1. The van der Waals surface area contributed by atoms with Crippen molar-refractivity contribution in [3.8, 4) is 5.75 Å². The zero-order valence-electron chi connectivity index (χ0n) is 12.0. The molecule has 0 unspecified atom stereocenters. The third kappa shape index (κ3) is 2.29. The van der Waals surface area contributed by atoms with Crippen molar-refractivity contribution in [2.75, 3.05) is 6.54 Å². The smallest absolute Gasteiger partial charge is 0.146 e. The lowest BCUT2D eigenvalue weighted by atomic mass is 10.1. The van der Waals surface area contributed by atoms with Gasteiger partial charge in [0.05, 0.1) is 18.0 Å². The van der Waals surface area contributed by atoms with Crippen LogP contribution in [0.4, 0.5) is 5.69 Å². The number of aliphatic imine (C=N–C) groups is 2. The molecule has 0 amide bonds. The van der Waals surface area contributed by atoms with Gasteiger partial charge in [0.25, 0.3) is 0 Å². The lowest BCUT2D eigenvalue weighted by molar-refractivity contribution is 0.475. The number of amidine groups is 1. The highest BCUT2D eigenvalue weighted by Gasteiger charge is 2.21. The van der Waals surface area contributed by atoms with Crippen LogP contribution in [0, 0.1) is 6.92 Å². The third-order valence-corrected chi connectivity index (χ3v) is 3.48. The van der Waals surface area contributed by atoms with Crippen LogP contribution in [0.1, 0.15) is 23.9 Å². The maximum absolute atomic E-state index is 9.39. The summed E-state index contributed by atoms with van der Waals surface area (Å²) < 4.78 is 1.83. The van der Waals surface area contributed by atoms with E-state index in [9.17, 15) is 5.11 Å². The molecule has 108 valence electrons. The second-order valence-corrected chi connectivity index (χ2v) is 4.91. The average Bonchev–Trinajstić information content (AvgIpc) is 2.69. The maximum Gasteiger partial charge on any atom is 0.146 e. The van der Waals surface area contributed by atoms with Crippen molar-refractivity contribution in [1.29, 1.82) is 0 Å². The van der Waals surface area contributed by atoms with E-state index in [1.165, 1.54) is 0 Å². The maximum atomic E-state index is 9.39. The molecule has 0 radical (unpaired) electrons. The zero-order chi connectivity index (χ0) is 15.0. The number of hydrogen-bond acceptors (Lipinski definition) is 5. The van der Waals surface area contributed by atoms with E-state index in [1.807, 2.05) is 30.7 Å². The molecule has 0 saturated carbocycles. The molecule has 3 N–H and O–H groups in total. The highest BCUT2D eigenvalue weighted by atomic mass is 16.3. The third-order valence-electron chi connectivity index (χ3n) is 3.48. The Morgan fingerprint density at radius 2 is 2.00 bits per heavy atom. The predicted octanol–water partition coefficient (Wildman–Crippen LogP) is 1.76. The van der Waals surface area contributed by atoms with Gasteiger partial charge in [0, 0.05) is 6.54 Å². The summed E-state index contributed by atoms with van der Waals surface area (Å²) in [4.78, 5) is 9.12. The topological polar surface area (TPSA) is 88.8 Å². The molecule has 2 aromatic rings. The van der Waals surface area contributed by atoms with Gasteiger partial charge >= 0.3 is 0 Å². The molecule has 0 bridgehead atoms. The van der Waals surface area contributed by atoms with Crippen molar-refractivity contribution < 1.29 is 5.11 Å². The van der Waals surface area contributed by atoms with Gasteiger partial charge in [0.2, 0.25) is 0 Å². The van der Waals surface area contributed by atoms with Gasteiger partial charge in [0.15, 0.2) is 0 Å². The van der Waals surface area contributed by atoms with Crippen molar-refractivity contribution in [3.63, 3.8) is 0 Å². The molecule has 21 heavy (non-hydrogen) atoms. The second kappa shape index (κ2) is 5.05. The van der Waals surface area contributed by atoms with E-state index >= 15 is 0 Å². The van der Waals surface area contributed by atoms with Gasteiger partial charge in [-0.25, -0.2) is 4.99 Å². The number of rotatable bonds is 2. The second-order valence-electron chi connectivity index (χ2n) is 4.91. The molecule has 0 saturated heterocycles. The van der Waals surface area contributed by atoms with Crippen molar-refractivity contribution in [2.45, 2.75) is 20.4 Å². The summed E-state index contributed by atoms with van der Waals surface area (Å²) in [5, 5.41) is 13.8. The number of phenolic OH excluding ortho intramolecular Hbond substituents is 1. The average molecular weight is 283 g/mol. The van der Waals surface area contributed by atoms with E-state index < -0.39 is 0 Å². The number of aromatic hydroxyl groups is 1. The molecular weight excluding hydrogens is 266 g/mol. The van der Waals surface area contributed by atoms with Gasteiger partial charge < -0.3 is 10.8 Å². The molecule has 2 heterocycles. The Hall–Kier alpha value is -2.63. The lowest BCUT2D eigenvalue weighted by Gasteiger charge is -2.03. The van der Waals surface area contributed by atoms with Gasteiger partial charge in [-0.2, -0.15) is 5.10 Å². The van der Waals surface area contributed by atoms with Gasteiger partial charge in [0.1, 0.15) is 23.0 Å². The predicted molar refractivity (Wildman–Crippen MR) is 82.5 cm³/mol. The Morgan fingerprint density at radius 1 is 1.29 bits per heavy atom. The normalized spacial score (nSPS) is 14.2. The van der Waals surface area contributed by atoms with Crippen LogP contribution in [0.5, 0.6) is 5.75 Å². The van der Waals surface area contributed by atoms with E-state index in [0.29, 0.717) is 12.4 Å². The Kier molecular flexibility index (Phi) is 3.21. The minimum absolute atomic E-state index is 0.228. The van der Waals surface area contributed by atoms with Crippen LogP contribution in [-0.4, -0.2) is 33.0 Å². The first kappa shape index (κ1) is 13.4. The highest BCUT2D eigenvalue weighted by molar-refractivity contribution is 6.10. The Balaban J connectivity index is 2.15. The summed E-state index contributed by atoms with van der Waals surface area (Å²) in [6.07, 6.45) is 0. The van der Waals surface area contributed by atoms with Crippen LogP contribution in [0.2, 0.25) is 0 Å². The minimum Gasteiger partial charge on any atom is -0.508 e. The van der Waals surface area contributed by atoms with Crippen LogP contribution in [0.25, 0.3) is 0 Å². The first-order chi connectivity index (χ1) is 10.1. The molecule has 6 heteroatoms. The van der Waals surface area contributed by atoms with Crippen LogP contribution < -0.4 is 5.73 Å². The van der Waals surface area contributed by atoms with E-state index in [1.54, 1.807) is 12.1 Å². The summed E-state index contributed by atoms with van der Waals surface area (Å²) in [5.41, 5.74) is 10.2. The molecule has 1 aromatic heterocycles. The fourth-order valence-electron chi connectivity index (χ4n) is 2.40. The van der Waals surface area contributed by atoms with E-state index in [-0.39, 0.29) is 5.75 Å². The molecule has 3 rings (SSSR count). The van der Waals surface area contributed by atoms with Crippen molar-refractivity contribution >= 4 is 17.2 Å². The lowest BCUT2D eigenvalue weighted by Crippen LogP contribution is -2.19. The van der Waals surface area contributed by atoms with Crippen LogP contribution in [-0.2, 0) is 6.54 Å². The molecular formula is C15H17N5O. The molecule has 1 aliphatic heterocycles. The summed E-state index contributed by atoms with van der Waals surface area (Å²) in [7, 11) is 0. The number of benzene rings is 1. The van der Waals surface area contributed by atoms with E-state index in [2.05, 4.69) is 10.1 Å². The number of nitrogens with two attached hydrogens (primary N) is 1. The van der Waals surface area contributed by atoms with Crippen molar-refractivity contribution in [2.24, 2.45) is 15.7 Å². The summed E-state index contributed by atoms with van der Waals surface area (Å²) >= 11 is 0. The van der Waals surface area contributed by atoms with Crippen LogP contribution >= 0.6 is 0 Å². The summed E-state index contributed by atoms with van der Waals surface area (Å²) in [6, 6.07) is 6.92. The summed E-state index contributed by atoms with van der Waals surface area (Å²) in [6.45, 7) is 5.06. The number of aryl methyl sites for hydroxylation is 2.